The van der Waals surface area contributed by atoms with Crippen molar-refractivity contribution < 1.29 is 14.7 Å². The Bertz CT molecular complexity index is 474. The van der Waals surface area contributed by atoms with Crippen LogP contribution in [-0.2, 0) is 4.79 Å². The van der Waals surface area contributed by atoms with Crippen molar-refractivity contribution in [2.45, 2.75) is 26.3 Å². The highest BCUT2D eigenvalue weighted by atomic mass is 79.9. The van der Waals surface area contributed by atoms with Crippen molar-refractivity contribution in [2.75, 3.05) is 13.2 Å². The first kappa shape index (κ1) is 17.7. The first-order valence-electron chi connectivity index (χ1n) is 6.88. The van der Waals surface area contributed by atoms with Gasteiger partial charge in [0.05, 0.1) is 6.54 Å². The van der Waals surface area contributed by atoms with Gasteiger partial charge in [-0.3, -0.25) is 9.59 Å². The minimum absolute atomic E-state index is 0.0222. The number of benzene rings is 1. The first-order chi connectivity index (χ1) is 9.93. The maximum atomic E-state index is 11.9. The second-order valence-electron chi connectivity index (χ2n) is 5.12. The number of rotatable bonds is 7. The molecule has 21 heavy (non-hydrogen) atoms. The Labute approximate surface area is 133 Å². The van der Waals surface area contributed by atoms with Crippen LogP contribution in [0.1, 0.15) is 30.6 Å². The summed E-state index contributed by atoms with van der Waals surface area (Å²) in [7, 11) is 0. The molecule has 1 atom stereocenters. The zero-order valence-corrected chi connectivity index (χ0v) is 13.8. The molecule has 0 aliphatic carbocycles. The van der Waals surface area contributed by atoms with Crippen molar-refractivity contribution >= 4 is 27.7 Å². The van der Waals surface area contributed by atoms with Gasteiger partial charge in [0, 0.05) is 22.7 Å². The maximum absolute atomic E-state index is 11.9. The Morgan fingerprint density at radius 1 is 1.24 bits per heavy atom. The standard InChI is InChI=1S/C15H21BrN2O3/c1-10(2)13(7-8-19)18-14(20)9-17-15(21)11-3-5-12(16)6-4-11/h3-6,10,13,19H,7-9H2,1-2H3,(H,17,21)(H,18,20). The van der Waals surface area contributed by atoms with E-state index < -0.39 is 0 Å². The second kappa shape index (κ2) is 8.79. The minimum atomic E-state index is -0.291. The number of aliphatic hydroxyl groups excluding tert-OH is 1. The molecule has 1 rings (SSSR count). The van der Waals surface area contributed by atoms with Gasteiger partial charge in [0.1, 0.15) is 0 Å². The van der Waals surface area contributed by atoms with E-state index in [1.54, 1.807) is 24.3 Å². The smallest absolute Gasteiger partial charge is 0.251 e. The van der Waals surface area contributed by atoms with Crippen molar-refractivity contribution in [3.63, 3.8) is 0 Å². The fourth-order valence-electron chi connectivity index (χ4n) is 1.83. The van der Waals surface area contributed by atoms with E-state index in [0.29, 0.717) is 12.0 Å². The molecule has 6 heteroatoms. The average molecular weight is 357 g/mol. The minimum Gasteiger partial charge on any atom is -0.396 e. The molecule has 0 aliphatic rings. The van der Waals surface area contributed by atoms with Gasteiger partial charge in [-0.2, -0.15) is 0 Å². The van der Waals surface area contributed by atoms with E-state index >= 15 is 0 Å². The second-order valence-corrected chi connectivity index (χ2v) is 6.04. The van der Waals surface area contributed by atoms with Gasteiger partial charge in [0.2, 0.25) is 5.91 Å². The largest absolute Gasteiger partial charge is 0.396 e. The Hall–Kier alpha value is -1.40. The third-order valence-corrected chi connectivity index (χ3v) is 3.64. The lowest BCUT2D eigenvalue weighted by Crippen LogP contribution is -2.44. The lowest BCUT2D eigenvalue weighted by Gasteiger charge is -2.21. The van der Waals surface area contributed by atoms with Crippen LogP contribution in [-0.4, -0.2) is 36.1 Å². The lowest BCUT2D eigenvalue weighted by molar-refractivity contribution is -0.121. The monoisotopic (exact) mass is 356 g/mol. The molecule has 2 amide bonds. The van der Waals surface area contributed by atoms with Crippen LogP contribution in [0.4, 0.5) is 0 Å². The maximum Gasteiger partial charge on any atom is 0.251 e. The summed E-state index contributed by atoms with van der Waals surface area (Å²) in [5.41, 5.74) is 0.502. The lowest BCUT2D eigenvalue weighted by atomic mass is 10.0. The van der Waals surface area contributed by atoms with Crippen LogP contribution in [0.25, 0.3) is 0 Å². The fourth-order valence-corrected chi connectivity index (χ4v) is 2.10. The molecule has 0 bridgehead atoms. The van der Waals surface area contributed by atoms with Gasteiger partial charge < -0.3 is 15.7 Å². The van der Waals surface area contributed by atoms with Crippen LogP contribution in [0.2, 0.25) is 0 Å². The van der Waals surface area contributed by atoms with Crippen LogP contribution >= 0.6 is 15.9 Å². The molecule has 0 fully saturated rings. The molecule has 0 heterocycles. The van der Waals surface area contributed by atoms with Crippen LogP contribution in [0.5, 0.6) is 0 Å². The summed E-state index contributed by atoms with van der Waals surface area (Å²) in [6, 6.07) is 6.81. The van der Waals surface area contributed by atoms with Crippen molar-refractivity contribution in [3.8, 4) is 0 Å². The molecule has 0 saturated heterocycles. The predicted molar refractivity (Wildman–Crippen MR) is 84.9 cm³/mol. The molecule has 1 unspecified atom stereocenters. The molecule has 5 nitrogen and oxygen atoms in total. The Kier molecular flexibility index (Phi) is 7.39. The predicted octanol–water partition coefficient (Wildman–Crippen LogP) is 1.70. The van der Waals surface area contributed by atoms with Crippen molar-refractivity contribution in [3.05, 3.63) is 34.3 Å². The number of nitrogens with one attached hydrogen (secondary N) is 2. The van der Waals surface area contributed by atoms with Crippen molar-refractivity contribution in [1.29, 1.82) is 0 Å². The fraction of sp³-hybridized carbons (Fsp3) is 0.467. The third kappa shape index (κ3) is 6.27. The van der Waals surface area contributed by atoms with Crippen LogP contribution < -0.4 is 10.6 Å². The van der Waals surface area contributed by atoms with E-state index in [1.165, 1.54) is 0 Å². The molecular weight excluding hydrogens is 336 g/mol. The third-order valence-electron chi connectivity index (χ3n) is 3.11. The number of halogens is 1. The van der Waals surface area contributed by atoms with E-state index in [0.717, 1.165) is 4.47 Å². The highest BCUT2D eigenvalue weighted by Gasteiger charge is 2.16. The molecule has 0 spiro atoms. The van der Waals surface area contributed by atoms with Gasteiger partial charge >= 0.3 is 0 Å². The molecule has 3 N–H and O–H groups in total. The van der Waals surface area contributed by atoms with Crippen LogP contribution in [0.15, 0.2) is 28.7 Å². The number of amides is 2. The van der Waals surface area contributed by atoms with Gasteiger partial charge in [0.15, 0.2) is 0 Å². The highest BCUT2D eigenvalue weighted by molar-refractivity contribution is 9.10. The summed E-state index contributed by atoms with van der Waals surface area (Å²) >= 11 is 3.30. The molecule has 0 radical (unpaired) electrons. The van der Waals surface area contributed by atoms with E-state index in [2.05, 4.69) is 26.6 Å². The zero-order chi connectivity index (χ0) is 15.8. The Balaban J connectivity index is 2.45. The molecular formula is C15H21BrN2O3. The Morgan fingerprint density at radius 2 is 1.86 bits per heavy atom. The number of carbonyl (C=O) groups excluding carboxylic acids is 2. The summed E-state index contributed by atoms with van der Waals surface area (Å²) in [6.45, 7) is 3.89. The molecule has 1 aromatic rings. The van der Waals surface area contributed by atoms with E-state index in [1.807, 2.05) is 13.8 Å². The quantitative estimate of drug-likeness (QED) is 0.695. The van der Waals surface area contributed by atoms with Crippen LogP contribution in [0, 0.1) is 5.92 Å². The van der Waals surface area contributed by atoms with Crippen molar-refractivity contribution in [1.82, 2.24) is 10.6 Å². The summed E-state index contributed by atoms with van der Waals surface area (Å²) in [6.07, 6.45) is 0.504. The number of carbonyl (C=O) groups is 2. The van der Waals surface area contributed by atoms with Gasteiger partial charge in [-0.15, -0.1) is 0 Å². The SMILES string of the molecule is CC(C)C(CCO)NC(=O)CNC(=O)c1ccc(Br)cc1. The molecule has 0 aromatic heterocycles. The first-order valence-corrected chi connectivity index (χ1v) is 7.67. The Morgan fingerprint density at radius 3 is 2.38 bits per heavy atom. The van der Waals surface area contributed by atoms with E-state index in [-0.39, 0.29) is 36.9 Å². The number of aliphatic hydroxyl groups is 1. The molecule has 0 saturated carbocycles. The average Bonchev–Trinajstić information content (AvgIpc) is 2.45. The normalized spacial score (nSPS) is 12.0. The molecule has 116 valence electrons. The summed E-state index contributed by atoms with van der Waals surface area (Å²) in [4.78, 5) is 23.7. The van der Waals surface area contributed by atoms with Gasteiger partial charge in [-0.05, 0) is 36.6 Å². The molecule has 0 aliphatic heterocycles. The summed E-state index contributed by atoms with van der Waals surface area (Å²) in [5.74, 6) is -0.322. The van der Waals surface area contributed by atoms with Crippen LogP contribution in [0.3, 0.4) is 0 Å². The topological polar surface area (TPSA) is 78.4 Å². The van der Waals surface area contributed by atoms with Gasteiger partial charge in [-0.1, -0.05) is 29.8 Å². The summed E-state index contributed by atoms with van der Waals surface area (Å²) in [5, 5.41) is 14.4. The summed E-state index contributed by atoms with van der Waals surface area (Å²) < 4.78 is 0.889. The van der Waals surface area contributed by atoms with E-state index in [9.17, 15) is 9.59 Å². The van der Waals surface area contributed by atoms with Gasteiger partial charge in [-0.25, -0.2) is 0 Å². The van der Waals surface area contributed by atoms with Crippen molar-refractivity contribution in [2.24, 2.45) is 5.92 Å². The number of hydrogen-bond donors (Lipinski definition) is 3. The van der Waals surface area contributed by atoms with E-state index in [4.69, 9.17) is 5.11 Å². The highest BCUT2D eigenvalue weighted by Crippen LogP contribution is 2.10. The molecule has 1 aromatic carbocycles. The zero-order valence-electron chi connectivity index (χ0n) is 12.2. The number of hydrogen-bond acceptors (Lipinski definition) is 3. The van der Waals surface area contributed by atoms with Gasteiger partial charge in [0.25, 0.3) is 5.91 Å².